The molecule has 124 valence electrons. The molecule has 0 bridgehead atoms. The largest absolute Gasteiger partial charge is 0.481 e. The van der Waals surface area contributed by atoms with E-state index in [0.717, 1.165) is 11.1 Å². The standard InChI is InChI=1S/C19H19NO4/c21-18(22)16-11-12-20(17(16)15-9-5-2-6-10-15)19(23)24-13-14-7-3-1-4-8-14/h1-10,16-17H,11-13H2,(H,21,22)/t16-,17+/m0/s1. The molecule has 2 atom stereocenters. The summed E-state index contributed by atoms with van der Waals surface area (Å²) < 4.78 is 5.39. The van der Waals surface area contributed by atoms with Crippen LogP contribution in [0.3, 0.4) is 0 Å². The normalized spacial score (nSPS) is 19.9. The van der Waals surface area contributed by atoms with Crippen molar-refractivity contribution in [3.8, 4) is 0 Å². The first-order valence-electron chi connectivity index (χ1n) is 7.92. The Kier molecular flexibility index (Phi) is 4.79. The summed E-state index contributed by atoms with van der Waals surface area (Å²) in [5, 5.41) is 9.47. The predicted molar refractivity (Wildman–Crippen MR) is 88.3 cm³/mol. The zero-order valence-electron chi connectivity index (χ0n) is 13.2. The van der Waals surface area contributed by atoms with Gasteiger partial charge in [-0.1, -0.05) is 60.7 Å². The van der Waals surface area contributed by atoms with E-state index in [1.54, 1.807) is 0 Å². The molecule has 5 nitrogen and oxygen atoms in total. The van der Waals surface area contributed by atoms with Gasteiger partial charge in [0.05, 0.1) is 12.0 Å². The molecule has 3 rings (SSSR count). The van der Waals surface area contributed by atoms with Crippen LogP contribution in [-0.2, 0) is 16.1 Å². The van der Waals surface area contributed by atoms with Gasteiger partial charge in [-0.15, -0.1) is 0 Å². The molecular weight excluding hydrogens is 306 g/mol. The first-order chi connectivity index (χ1) is 11.7. The van der Waals surface area contributed by atoms with E-state index in [4.69, 9.17) is 4.74 Å². The molecule has 1 aliphatic heterocycles. The van der Waals surface area contributed by atoms with Crippen molar-refractivity contribution in [3.63, 3.8) is 0 Å². The fraction of sp³-hybridized carbons (Fsp3) is 0.263. The van der Waals surface area contributed by atoms with E-state index in [1.807, 2.05) is 60.7 Å². The lowest BCUT2D eigenvalue weighted by Gasteiger charge is -2.26. The van der Waals surface area contributed by atoms with E-state index in [1.165, 1.54) is 4.90 Å². The second-order valence-electron chi connectivity index (χ2n) is 5.82. The van der Waals surface area contributed by atoms with Crippen LogP contribution in [0.4, 0.5) is 4.79 Å². The van der Waals surface area contributed by atoms with Crippen molar-refractivity contribution in [1.82, 2.24) is 4.90 Å². The molecule has 24 heavy (non-hydrogen) atoms. The maximum Gasteiger partial charge on any atom is 0.410 e. The molecule has 0 unspecified atom stereocenters. The number of aliphatic carboxylic acids is 1. The average molecular weight is 325 g/mol. The Morgan fingerprint density at radius 3 is 2.29 bits per heavy atom. The van der Waals surface area contributed by atoms with Crippen molar-refractivity contribution in [2.24, 2.45) is 5.92 Å². The van der Waals surface area contributed by atoms with Crippen molar-refractivity contribution in [2.45, 2.75) is 19.1 Å². The fourth-order valence-corrected chi connectivity index (χ4v) is 3.12. The molecule has 1 heterocycles. The topological polar surface area (TPSA) is 66.8 Å². The molecule has 2 aromatic carbocycles. The monoisotopic (exact) mass is 325 g/mol. The van der Waals surface area contributed by atoms with Crippen molar-refractivity contribution in [1.29, 1.82) is 0 Å². The van der Waals surface area contributed by atoms with Crippen LogP contribution >= 0.6 is 0 Å². The Hall–Kier alpha value is -2.82. The van der Waals surface area contributed by atoms with Gasteiger partial charge in [0.2, 0.25) is 0 Å². The van der Waals surface area contributed by atoms with Crippen molar-refractivity contribution >= 4 is 12.1 Å². The van der Waals surface area contributed by atoms with E-state index >= 15 is 0 Å². The number of carbonyl (C=O) groups excluding carboxylic acids is 1. The SMILES string of the molecule is O=C(O)[C@H]1CCN(C(=O)OCc2ccccc2)[C@@H]1c1ccccc1. The number of amides is 1. The zero-order chi connectivity index (χ0) is 16.9. The van der Waals surface area contributed by atoms with E-state index < -0.39 is 24.0 Å². The van der Waals surface area contributed by atoms with Gasteiger partial charge in [-0.05, 0) is 17.5 Å². The first kappa shape index (κ1) is 16.1. The van der Waals surface area contributed by atoms with Gasteiger partial charge in [0, 0.05) is 6.54 Å². The molecule has 1 aliphatic rings. The highest BCUT2D eigenvalue weighted by Gasteiger charge is 2.42. The van der Waals surface area contributed by atoms with Crippen molar-refractivity contribution in [2.75, 3.05) is 6.54 Å². The summed E-state index contributed by atoms with van der Waals surface area (Å²) in [5.74, 6) is -1.50. The lowest BCUT2D eigenvalue weighted by atomic mass is 9.94. The molecule has 1 N–H and O–H groups in total. The van der Waals surface area contributed by atoms with Gasteiger partial charge in [0.15, 0.2) is 0 Å². The number of rotatable bonds is 4. The van der Waals surface area contributed by atoms with Crippen LogP contribution in [0.25, 0.3) is 0 Å². The Bertz CT molecular complexity index is 702. The lowest BCUT2D eigenvalue weighted by molar-refractivity contribution is -0.142. The summed E-state index contributed by atoms with van der Waals surface area (Å²) in [4.78, 5) is 25.6. The molecule has 1 fully saturated rings. The van der Waals surface area contributed by atoms with Crippen LogP contribution in [0, 0.1) is 5.92 Å². The average Bonchev–Trinajstić information content (AvgIpc) is 3.07. The van der Waals surface area contributed by atoms with Crippen LogP contribution < -0.4 is 0 Å². The van der Waals surface area contributed by atoms with Crippen LogP contribution in [0.1, 0.15) is 23.6 Å². The molecule has 0 aromatic heterocycles. The van der Waals surface area contributed by atoms with Crippen LogP contribution in [0.5, 0.6) is 0 Å². The predicted octanol–water partition coefficient (Wildman–Crippen LogP) is 3.47. The maximum absolute atomic E-state index is 12.5. The number of likely N-dealkylation sites (tertiary alicyclic amines) is 1. The summed E-state index contributed by atoms with van der Waals surface area (Å²) in [7, 11) is 0. The molecule has 0 saturated carbocycles. The summed E-state index contributed by atoms with van der Waals surface area (Å²) in [6.07, 6.45) is -0.0496. The highest BCUT2D eigenvalue weighted by Crippen LogP contribution is 2.37. The minimum Gasteiger partial charge on any atom is -0.481 e. The summed E-state index contributed by atoms with van der Waals surface area (Å²) in [6, 6.07) is 18.2. The van der Waals surface area contributed by atoms with E-state index in [0.29, 0.717) is 13.0 Å². The summed E-state index contributed by atoms with van der Waals surface area (Å²) in [6.45, 7) is 0.555. The number of nitrogens with zero attached hydrogens (tertiary/aromatic N) is 1. The van der Waals surface area contributed by atoms with Gasteiger partial charge in [-0.2, -0.15) is 0 Å². The van der Waals surface area contributed by atoms with Gasteiger partial charge < -0.3 is 14.7 Å². The van der Waals surface area contributed by atoms with Crippen LogP contribution in [0.15, 0.2) is 60.7 Å². The molecule has 0 aliphatic carbocycles. The molecule has 2 aromatic rings. The molecule has 0 radical (unpaired) electrons. The Morgan fingerprint density at radius 2 is 1.67 bits per heavy atom. The lowest BCUT2D eigenvalue weighted by Crippen LogP contribution is -2.34. The third kappa shape index (κ3) is 3.40. The molecule has 1 saturated heterocycles. The highest BCUT2D eigenvalue weighted by atomic mass is 16.6. The second-order valence-corrected chi connectivity index (χ2v) is 5.82. The zero-order valence-corrected chi connectivity index (χ0v) is 13.2. The van der Waals surface area contributed by atoms with Gasteiger partial charge in [0.25, 0.3) is 0 Å². The number of carboxylic acid groups (broad SMARTS) is 1. The van der Waals surface area contributed by atoms with E-state index in [9.17, 15) is 14.7 Å². The first-order valence-corrected chi connectivity index (χ1v) is 7.92. The number of hydrogen-bond acceptors (Lipinski definition) is 3. The third-order valence-electron chi connectivity index (χ3n) is 4.30. The number of ether oxygens (including phenoxy) is 1. The van der Waals surface area contributed by atoms with Crippen molar-refractivity contribution in [3.05, 3.63) is 71.8 Å². The van der Waals surface area contributed by atoms with Gasteiger partial charge >= 0.3 is 12.1 Å². The van der Waals surface area contributed by atoms with Crippen LogP contribution in [-0.4, -0.2) is 28.6 Å². The van der Waals surface area contributed by atoms with Crippen LogP contribution in [0.2, 0.25) is 0 Å². The Balaban J connectivity index is 1.75. The molecule has 0 spiro atoms. The fourth-order valence-electron chi connectivity index (χ4n) is 3.12. The summed E-state index contributed by atoms with van der Waals surface area (Å²) in [5.41, 5.74) is 1.72. The van der Waals surface area contributed by atoms with Crippen molar-refractivity contribution < 1.29 is 19.4 Å². The highest BCUT2D eigenvalue weighted by molar-refractivity contribution is 5.75. The minimum atomic E-state index is -0.887. The van der Waals surface area contributed by atoms with E-state index in [-0.39, 0.29) is 6.61 Å². The number of carboxylic acids is 1. The molecule has 1 amide bonds. The quantitative estimate of drug-likeness (QED) is 0.934. The Morgan fingerprint density at radius 1 is 1.04 bits per heavy atom. The summed E-state index contributed by atoms with van der Waals surface area (Å²) >= 11 is 0. The molecule has 5 heteroatoms. The third-order valence-corrected chi connectivity index (χ3v) is 4.30. The molecular formula is C19H19NO4. The van der Waals surface area contributed by atoms with Gasteiger partial charge in [-0.25, -0.2) is 4.79 Å². The van der Waals surface area contributed by atoms with Gasteiger partial charge in [-0.3, -0.25) is 4.79 Å². The van der Waals surface area contributed by atoms with Gasteiger partial charge in [0.1, 0.15) is 6.61 Å². The Labute approximate surface area is 140 Å². The maximum atomic E-state index is 12.5. The number of benzene rings is 2. The number of carbonyl (C=O) groups is 2. The van der Waals surface area contributed by atoms with E-state index in [2.05, 4.69) is 0 Å². The second kappa shape index (κ2) is 7.17. The smallest absolute Gasteiger partial charge is 0.410 e. The number of hydrogen-bond donors (Lipinski definition) is 1. The minimum absolute atomic E-state index is 0.176.